The van der Waals surface area contributed by atoms with Gasteiger partial charge in [0.25, 0.3) is 11.8 Å². The Morgan fingerprint density at radius 3 is 1.72 bits per heavy atom. The second-order valence-corrected chi connectivity index (χ2v) is 19.2. The number of halogens is 2. The van der Waals surface area contributed by atoms with E-state index < -0.39 is 123 Å². The number of β-lactam (4-membered cyclic amide) rings is 1. The number of benzene rings is 3. The van der Waals surface area contributed by atoms with Gasteiger partial charge in [0.1, 0.15) is 17.5 Å². The van der Waals surface area contributed by atoms with Gasteiger partial charge in [0.2, 0.25) is 17.7 Å². The topological polar surface area (TPSA) is 301 Å². The number of aliphatic carboxylic acids is 1. The van der Waals surface area contributed by atoms with Crippen LogP contribution in [-0.4, -0.2) is 152 Å². The fourth-order valence-corrected chi connectivity index (χ4v) is 9.74. The number of hydrogen-bond donors (Lipinski definition) is 2. The summed E-state index contributed by atoms with van der Waals surface area (Å²) in [6.45, 7) is 1.86. The molecule has 2 heterocycles. The molecule has 2 saturated heterocycles. The number of methoxy groups -OCH3 is 4. The molecule has 0 spiro atoms. The molecule has 5 rings (SSSR count). The SMILES string of the molecule is COC(=O)Oc1cc(Br)cc(C(=O)N(C)CCCN(CC(=O)N[C@@H](C(=O)N[C@@H]2C(=O)N3C2SC(C)(C)C3C(=O)[O-])c2ccccc2)C(=O)c2cc(Br)cc(OC(=O)OC)c2OC(=O)OC)c1OC(=O)OC.[Na+]. The monoisotopic (exact) mass is 1160 g/mol. The molecule has 3 aromatic carbocycles. The molecule has 2 aliphatic rings. The van der Waals surface area contributed by atoms with Crippen molar-refractivity contribution in [1.29, 1.82) is 0 Å². The standard InChI is InChI=1S/C44H45Br2N5O19S.Na/c1-44(2)33(39(57)58)51-37(56)30(38(51)71-44)48-34(53)29(21-12-9-8-10-13-21)47-28(52)20-50(36(55)25-17-23(46)19-27(68-41(60)64-5)32(25)70-43(62)66-7)15-11-14-49(3)35(54)24-16-22(45)18-26(67-40(59)63-4)31(24)69-42(61)65-6;/h8-10,12-13,16-19,29-30,33,38H,11,14-15,20H2,1-7H3,(H,47,52)(H,48,53)(H,57,58);/q;+1/p-1/t29-,30-,33?,38?;/m1./s1. The van der Waals surface area contributed by atoms with Crippen LogP contribution in [0.1, 0.15) is 52.6 Å². The number of hydrogen-bond acceptors (Lipinski definition) is 20. The number of thioether (sulfide) groups is 1. The van der Waals surface area contributed by atoms with Crippen molar-refractivity contribution >= 4 is 104 Å². The van der Waals surface area contributed by atoms with Gasteiger partial charge in [0.05, 0.1) is 58.1 Å². The normalized spacial score (nSPS) is 16.4. The summed E-state index contributed by atoms with van der Waals surface area (Å²) in [6, 6.07) is 8.76. The Morgan fingerprint density at radius 1 is 0.750 bits per heavy atom. The maximum atomic E-state index is 14.7. The average molecular weight is 1160 g/mol. The van der Waals surface area contributed by atoms with Gasteiger partial charge in [0, 0.05) is 33.8 Å². The van der Waals surface area contributed by atoms with E-state index in [1.807, 2.05) is 0 Å². The largest absolute Gasteiger partial charge is 1.00 e. The molecule has 0 saturated carbocycles. The van der Waals surface area contributed by atoms with Crippen LogP contribution in [0.25, 0.3) is 0 Å². The maximum absolute atomic E-state index is 14.7. The summed E-state index contributed by atoms with van der Waals surface area (Å²) in [5, 5.41) is 16.5. The molecule has 2 aliphatic heterocycles. The van der Waals surface area contributed by atoms with Crippen LogP contribution >= 0.6 is 43.6 Å². The quantitative estimate of drug-likeness (QED) is 0.0613. The van der Waals surface area contributed by atoms with E-state index >= 15 is 0 Å². The molecule has 2 N–H and O–H groups in total. The first-order valence-corrected chi connectivity index (χ1v) is 23.1. The van der Waals surface area contributed by atoms with E-state index in [-0.39, 0.29) is 69.1 Å². The van der Waals surface area contributed by atoms with Crippen LogP contribution in [0.15, 0.2) is 63.5 Å². The van der Waals surface area contributed by atoms with Gasteiger partial charge in [-0.05, 0) is 50.1 Å². The summed E-state index contributed by atoms with van der Waals surface area (Å²) in [4.78, 5) is 135. The second kappa shape index (κ2) is 25.5. The molecule has 5 amide bonds. The maximum Gasteiger partial charge on any atom is 1.00 e. The number of carboxylic acids is 1. The van der Waals surface area contributed by atoms with Crippen LogP contribution in [0.5, 0.6) is 23.0 Å². The molecular formula is C44H44Br2N5NaO19S. The number of ether oxygens (including phenoxy) is 8. The molecule has 380 valence electrons. The summed E-state index contributed by atoms with van der Waals surface area (Å²) in [6.07, 6.45) is -5.22. The average Bonchev–Trinajstić information content (AvgIpc) is 3.60. The van der Waals surface area contributed by atoms with E-state index in [4.69, 9.17) is 18.9 Å². The van der Waals surface area contributed by atoms with E-state index in [1.165, 1.54) is 43.4 Å². The van der Waals surface area contributed by atoms with Crippen molar-refractivity contribution in [2.24, 2.45) is 0 Å². The van der Waals surface area contributed by atoms with Crippen LogP contribution in [0, 0.1) is 0 Å². The second-order valence-electron chi connectivity index (χ2n) is 15.6. The molecule has 4 atom stereocenters. The molecule has 72 heavy (non-hydrogen) atoms. The zero-order valence-electron chi connectivity index (χ0n) is 39.6. The zero-order valence-corrected chi connectivity index (χ0v) is 45.6. The summed E-state index contributed by atoms with van der Waals surface area (Å²) >= 11 is 7.62. The minimum absolute atomic E-state index is 0. The predicted molar refractivity (Wildman–Crippen MR) is 248 cm³/mol. The van der Waals surface area contributed by atoms with Gasteiger partial charge in [-0.1, -0.05) is 62.2 Å². The molecule has 2 fully saturated rings. The Kier molecular flexibility index (Phi) is 20.7. The van der Waals surface area contributed by atoms with Gasteiger partial charge in [-0.25, -0.2) is 19.2 Å². The summed E-state index contributed by atoms with van der Waals surface area (Å²) in [5.74, 6) is -7.83. The third kappa shape index (κ3) is 13.9. The molecule has 0 aromatic heterocycles. The van der Waals surface area contributed by atoms with Crippen molar-refractivity contribution in [3.05, 3.63) is 80.2 Å². The number of nitrogens with one attached hydrogen (secondary N) is 2. The smallest absolute Gasteiger partial charge is 0.548 e. The number of carbonyl (C=O) groups excluding carboxylic acids is 10. The van der Waals surface area contributed by atoms with Gasteiger partial charge >= 0.3 is 54.2 Å². The van der Waals surface area contributed by atoms with Gasteiger partial charge in [-0.15, -0.1) is 11.8 Å². The molecule has 3 aromatic rings. The van der Waals surface area contributed by atoms with E-state index in [1.54, 1.807) is 32.0 Å². The van der Waals surface area contributed by atoms with Crippen LogP contribution in [0.3, 0.4) is 0 Å². The number of nitrogens with zero attached hydrogens (tertiary/aromatic N) is 3. The van der Waals surface area contributed by atoms with Crippen molar-refractivity contribution in [2.45, 2.75) is 48.5 Å². The molecule has 24 nitrogen and oxygen atoms in total. The number of rotatable bonds is 17. The third-order valence-corrected chi connectivity index (χ3v) is 13.0. The van der Waals surface area contributed by atoms with E-state index in [0.29, 0.717) is 0 Å². The Labute approximate surface area is 453 Å². The Balaban J connectivity index is 0.0000112. The van der Waals surface area contributed by atoms with E-state index in [0.717, 1.165) is 54.9 Å². The van der Waals surface area contributed by atoms with Crippen molar-refractivity contribution in [3.63, 3.8) is 0 Å². The summed E-state index contributed by atoms with van der Waals surface area (Å²) < 4.78 is 38.5. The molecule has 2 unspecified atom stereocenters. The Hall–Kier alpha value is -6.13. The van der Waals surface area contributed by atoms with Gasteiger partial charge in [0.15, 0.2) is 23.0 Å². The van der Waals surface area contributed by atoms with Crippen molar-refractivity contribution in [2.75, 3.05) is 55.1 Å². The van der Waals surface area contributed by atoms with E-state index in [2.05, 4.69) is 61.4 Å². The molecule has 28 heteroatoms. The number of amides is 5. The Morgan fingerprint density at radius 2 is 1.24 bits per heavy atom. The fourth-order valence-electron chi connectivity index (χ4n) is 7.25. The van der Waals surface area contributed by atoms with Crippen LogP contribution in [0.4, 0.5) is 19.2 Å². The number of carboxylic acid groups (broad SMARTS) is 1. The van der Waals surface area contributed by atoms with Gasteiger partial charge in [-0.2, -0.15) is 0 Å². The summed E-state index contributed by atoms with van der Waals surface area (Å²) in [5.41, 5.74) is -0.513. The van der Waals surface area contributed by atoms with Gasteiger partial charge < -0.3 is 73.1 Å². The minimum atomic E-state index is -1.49. The molecule has 0 radical (unpaired) electrons. The number of fused-ring (bicyclic) bond motifs is 1. The molecule has 0 aliphatic carbocycles. The molecule has 0 bridgehead atoms. The zero-order chi connectivity index (χ0) is 52.5. The van der Waals surface area contributed by atoms with Crippen LogP contribution in [0.2, 0.25) is 0 Å². The fraction of sp³-hybridized carbons (Fsp3) is 0.364. The third-order valence-electron chi connectivity index (χ3n) is 10.5. The van der Waals surface area contributed by atoms with Crippen molar-refractivity contribution < 1.29 is 121 Å². The van der Waals surface area contributed by atoms with Gasteiger partial charge in [-0.3, -0.25) is 24.0 Å². The number of carbonyl (C=O) groups is 10. The van der Waals surface area contributed by atoms with Crippen LogP contribution < -0.4 is 64.2 Å². The summed E-state index contributed by atoms with van der Waals surface area (Å²) in [7, 11) is 5.34. The van der Waals surface area contributed by atoms with Crippen molar-refractivity contribution in [3.8, 4) is 23.0 Å². The minimum Gasteiger partial charge on any atom is -0.548 e. The molecular weight excluding hydrogens is 1120 g/mol. The first-order valence-electron chi connectivity index (χ1n) is 20.7. The van der Waals surface area contributed by atoms with Crippen molar-refractivity contribution in [1.82, 2.24) is 25.3 Å². The predicted octanol–water partition coefficient (Wildman–Crippen LogP) is 0.555. The Bertz CT molecular complexity index is 2630. The first kappa shape index (κ1) is 58.4. The van der Waals surface area contributed by atoms with Crippen LogP contribution in [-0.2, 0) is 38.1 Å². The van der Waals surface area contributed by atoms with E-state index in [9.17, 15) is 53.1 Å². The first-order chi connectivity index (χ1) is 33.5.